The Labute approximate surface area is 405 Å². The zero-order valence-corrected chi connectivity index (χ0v) is 38.4. The molecular formula is C64H44N6. The van der Waals surface area contributed by atoms with Gasteiger partial charge in [0.2, 0.25) is 0 Å². The SMILES string of the molecule is C=Nc1c(/C=C\C)n(-c2ccccc2)c2ccc(-c3cncc(-n4c5ccccc5c5cc(-c6ccc7c8ccccc8n(-c8cc(-c9ccccc9)nc(-c9ccccc9)c8)c7c6)ccc54)c3)cc12. The number of pyridine rings is 2. The average molecular weight is 897 g/mol. The summed E-state index contributed by atoms with van der Waals surface area (Å²) in [5, 5.41) is 5.80. The van der Waals surface area contributed by atoms with Gasteiger partial charge in [0.25, 0.3) is 0 Å². The highest BCUT2D eigenvalue weighted by molar-refractivity contribution is 6.13. The van der Waals surface area contributed by atoms with Gasteiger partial charge in [-0.25, -0.2) is 4.98 Å². The monoisotopic (exact) mass is 896 g/mol. The van der Waals surface area contributed by atoms with E-state index in [1.165, 1.54) is 21.5 Å². The fourth-order valence-electron chi connectivity index (χ4n) is 10.5. The molecule has 13 aromatic rings. The largest absolute Gasteiger partial charge is 0.309 e. The Morgan fingerprint density at radius 1 is 0.386 bits per heavy atom. The highest BCUT2D eigenvalue weighted by atomic mass is 15.0. The first kappa shape index (κ1) is 40.8. The van der Waals surface area contributed by atoms with Gasteiger partial charge >= 0.3 is 0 Å². The van der Waals surface area contributed by atoms with Gasteiger partial charge in [0.15, 0.2) is 0 Å². The fraction of sp³-hybridized carbons (Fsp3) is 0.0156. The number of para-hydroxylation sites is 3. The van der Waals surface area contributed by atoms with Crippen LogP contribution in [0.4, 0.5) is 5.69 Å². The summed E-state index contributed by atoms with van der Waals surface area (Å²) < 4.78 is 7.01. The maximum atomic E-state index is 5.22. The van der Waals surface area contributed by atoms with Gasteiger partial charge in [0, 0.05) is 55.5 Å². The van der Waals surface area contributed by atoms with Gasteiger partial charge < -0.3 is 13.7 Å². The van der Waals surface area contributed by atoms with Gasteiger partial charge in [0.05, 0.1) is 67.9 Å². The molecule has 0 aliphatic rings. The summed E-state index contributed by atoms with van der Waals surface area (Å²) >= 11 is 0. The van der Waals surface area contributed by atoms with Crippen molar-refractivity contribution in [3.63, 3.8) is 0 Å². The number of rotatable bonds is 9. The number of allylic oxidation sites excluding steroid dienone is 1. The van der Waals surface area contributed by atoms with Crippen LogP contribution in [0.2, 0.25) is 0 Å². The molecule has 0 bridgehead atoms. The number of aliphatic imine (C=N–C) groups is 1. The van der Waals surface area contributed by atoms with Crippen LogP contribution in [0.25, 0.3) is 122 Å². The van der Waals surface area contributed by atoms with Crippen molar-refractivity contribution in [2.45, 2.75) is 6.92 Å². The number of aromatic nitrogens is 5. The highest BCUT2D eigenvalue weighted by Gasteiger charge is 2.20. The Hall–Kier alpha value is -9.39. The van der Waals surface area contributed by atoms with E-state index in [1.54, 1.807) is 0 Å². The molecule has 0 aliphatic carbocycles. The predicted octanol–water partition coefficient (Wildman–Crippen LogP) is 16.6. The van der Waals surface area contributed by atoms with Crippen molar-refractivity contribution in [3.8, 4) is 61.8 Å². The lowest BCUT2D eigenvalue weighted by atomic mass is 10.0. The maximum absolute atomic E-state index is 5.22. The molecule has 5 aromatic heterocycles. The van der Waals surface area contributed by atoms with E-state index in [2.05, 4.69) is 244 Å². The van der Waals surface area contributed by atoms with Crippen molar-refractivity contribution in [2.75, 3.05) is 0 Å². The molecule has 0 fully saturated rings. The van der Waals surface area contributed by atoms with Crippen molar-refractivity contribution < 1.29 is 0 Å². The van der Waals surface area contributed by atoms with E-state index in [0.717, 1.165) is 106 Å². The molecule has 0 atom stereocenters. The lowest BCUT2D eigenvalue weighted by Crippen LogP contribution is -1.98. The summed E-state index contributed by atoms with van der Waals surface area (Å²) in [6, 6.07) is 75.8. The van der Waals surface area contributed by atoms with Crippen LogP contribution in [-0.2, 0) is 0 Å². The lowest BCUT2D eigenvalue weighted by molar-refractivity contribution is 1.11. The molecule has 70 heavy (non-hydrogen) atoms. The second-order valence-electron chi connectivity index (χ2n) is 17.7. The molecule has 8 aromatic carbocycles. The molecule has 6 heteroatoms. The van der Waals surface area contributed by atoms with E-state index in [1.807, 2.05) is 25.4 Å². The van der Waals surface area contributed by atoms with Gasteiger partial charge in [-0.3, -0.25) is 9.98 Å². The van der Waals surface area contributed by atoms with Crippen molar-refractivity contribution >= 4 is 73.0 Å². The predicted molar refractivity (Wildman–Crippen MR) is 293 cm³/mol. The van der Waals surface area contributed by atoms with Crippen LogP contribution < -0.4 is 0 Å². The van der Waals surface area contributed by atoms with Gasteiger partial charge in [-0.05, 0) is 109 Å². The Kier molecular flexibility index (Phi) is 9.77. The maximum Gasteiger partial charge on any atom is 0.0956 e. The average Bonchev–Trinajstić information content (AvgIpc) is 4.06. The summed E-state index contributed by atoms with van der Waals surface area (Å²) in [5.41, 5.74) is 18.9. The normalized spacial score (nSPS) is 11.8. The summed E-state index contributed by atoms with van der Waals surface area (Å²) in [6.45, 7) is 6.04. The first-order valence-corrected chi connectivity index (χ1v) is 23.6. The van der Waals surface area contributed by atoms with Crippen LogP contribution in [0.15, 0.2) is 236 Å². The molecule has 13 rings (SSSR count). The highest BCUT2D eigenvalue weighted by Crippen LogP contribution is 2.42. The van der Waals surface area contributed by atoms with Gasteiger partial charge in [-0.2, -0.15) is 0 Å². The molecule has 5 heterocycles. The van der Waals surface area contributed by atoms with Gasteiger partial charge in [0.1, 0.15) is 0 Å². The third-order valence-corrected chi connectivity index (χ3v) is 13.7. The topological polar surface area (TPSA) is 52.9 Å². The van der Waals surface area contributed by atoms with E-state index < -0.39 is 0 Å². The van der Waals surface area contributed by atoms with E-state index in [4.69, 9.17) is 9.97 Å². The fourth-order valence-corrected chi connectivity index (χ4v) is 10.5. The summed E-state index contributed by atoms with van der Waals surface area (Å²) in [5.74, 6) is 0. The number of benzene rings is 8. The quantitative estimate of drug-likeness (QED) is 0.136. The van der Waals surface area contributed by atoms with E-state index in [0.29, 0.717) is 0 Å². The second-order valence-corrected chi connectivity index (χ2v) is 17.7. The molecule has 0 spiro atoms. The first-order chi connectivity index (χ1) is 34.6. The summed E-state index contributed by atoms with van der Waals surface area (Å²) in [4.78, 5) is 14.7. The Morgan fingerprint density at radius 2 is 0.900 bits per heavy atom. The third kappa shape index (κ3) is 6.68. The lowest BCUT2D eigenvalue weighted by Gasteiger charge is -2.14. The van der Waals surface area contributed by atoms with Crippen molar-refractivity contribution in [1.29, 1.82) is 0 Å². The van der Waals surface area contributed by atoms with Crippen LogP contribution in [0.5, 0.6) is 0 Å². The standard InChI is InChI=1S/C64H44N6/c1-3-17-62-64(65-2)55-36-45(30-33-61(55)68(62)48-22-11-6-12-23-48)47-34-50(41-66-40-47)70-59-27-16-14-25-52(59)54-35-44(29-32-60(54)70)46-28-31-53-51-24-13-15-26-58(51)69(63(53)37-46)49-38-56(42-18-7-4-8-19-42)67-57(39-49)43-20-9-5-10-21-43/h3-41H,2H2,1H3/b17-3-. The minimum atomic E-state index is 0.855. The smallest absolute Gasteiger partial charge is 0.0956 e. The van der Waals surface area contributed by atoms with Crippen LogP contribution >= 0.6 is 0 Å². The van der Waals surface area contributed by atoms with Crippen molar-refractivity contribution in [1.82, 2.24) is 23.7 Å². The van der Waals surface area contributed by atoms with Crippen LogP contribution in [-0.4, -0.2) is 30.4 Å². The van der Waals surface area contributed by atoms with E-state index in [9.17, 15) is 0 Å². The Balaban J connectivity index is 0.939. The minimum absolute atomic E-state index is 0.855. The Morgan fingerprint density at radius 3 is 1.56 bits per heavy atom. The molecular weight excluding hydrogens is 853 g/mol. The molecule has 0 unspecified atom stereocenters. The van der Waals surface area contributed by atoms with Crippen LogP contribution in [0, 0.1) is 0 Å². The van der Waals surface area contributed by atoms with Gasteiger partial charge in [-0.15, -0.1) is 0 Å². The summed E-state index contributed by atoms with van der Waals surface area (Å²) in [7, 11) is 0. The molecule has 0 amide bonds. The van der Waals surface area contributed by atoms with Crippen molar-refractivity contribution in [3.05, 3.63) is 236 Å². The molecule has 0 radical (unpaired) electrons. The van der Waals surface area contributed by atoms with Crippen LogP contribution in [0.3, 0.4) is 0 Å². The second kappa shape index (κ2) is 16.7. The number of hydrogen-bond donors (Lipinski definition) is 0. The minimum Gasteiger partial charge on any atom is -0.309 e. The number of nitrogens with zero attached hydrogens (tertiary/aromatic N) is 6. The van der Waals surface area contributed by atoms with Crippen molar-refractivity contribution in [2.24, 2.45) is 4.99 Å². The third-order valence-electron chi connectivity index (χ3n) is 13.7. The first-order valence-electron chi connectivity index (χ1n) is 23.6. The molecule has 0 saturated carbocycles. The number of hydrogen-bond acceptors (Lipinski definition) is 3. The summed E-state index contributed by atoms with van der Waals surface area (Å²) in [6.07, 6.45) is 8.07. The van der Waals surface area contributed by atoms with E-state index in [-0.39, 0.29) is 0 Å². The van der Waals surface area contributed by atoms with Gasteiger partial charge in [-0.1, -0.05) is 146 Å². The molecule has 6 nitrogen and oxygen atoms in total. The zero-order valence-electron chi connectivity index (χ0n) is 38.4. The van der Waals surface area contributed by atoms with E-state index >= 15 is 0 Å². The molecule has 0 N–H and O–H groups in total. The molecule has 0 saturated heterocycles. The zero-order chi connectivity index (χ0) is 46.7. The van der Waals surface area contributed by atoms with Crippen LogP contribution in [0.1, 0.15) is 12.6 Å². The molecule has 0 aliphatic heterocycles. The Bertz CT molecular complexity index is 4140. The number of fused-ring (bicyclic) bond motifs is 7. The molecule has 330 valence electrons.